The van der Waals surface area contributed by atoms with E-state index >= 15 is 0 Å². The number of hydrogen-bond acceptors (Lipinski definition) is 2. The summed E-state index contributed by atoms with van der Waals surface area (Å²) in [5, 5.41) is 5.31. The van der Waals surface area contributed by atoms with Crippen LogP contribution in [0.25, 0.3) is 21.5 Å². The van der Waals surface area contributed by atoms with E-state index in [0.717, 1.165) is 45.3 Å². The lowest BCUT2D eigenvalue weighted by atomic mass is 9.71. The minimum Gasteiger partial charge on any atom is -0.398 e. The van der Waals surface area contributed by atoms with Crippen LogP contribution in [0.2, 0.25) is 5.02 Å². The Morgan fingerprint density at radius 3 is 2.31 bits per heavy atom. The number of ketones is 1. The Balaban J connectivity index is 1.86. The molecule has 2 unspecified atom stereocenters. The van der Waals surface area contributed by atoms with Crippen molar-refractivity contribution in [1.82, 2.24) is 0 Å². The smallest absolute Gasteiger partial charge is 0.137 e. The van der Waals surface area contributed by atoms with E-state index in [-0.39, 0.29) is 17.6 Å². The van der Waals surface area contributed by atoms with Crippen LogP contribution >= 0.6 is 11.6 Å². The van der Waals surface area contributed by atoms with E-state index in [1.165, 1.54) is 16.5 Å². The highest BCUT2D eigenvalue weighted by atomic mass is 35.5. The maximum atomic E-state index is 12.4. The van der Waals surface area contributed by atoms with E-state index in [9.17, 15) is 4.79 Å². The van der Waals surface area contributed by atoms with E-state index in [1.807, 2.05) is 18.2 Å². The molecule has 0 spiro atoms. The van der Waals surface area contributed by atoms with Crippen molar-refractivity contribution >= 4 is 44.6 Å². The molecule has 1 aliphatic carbocycles. The fourth-order valence-corrected chi connectivity index (χ4v) is 5.15. The van der Waals surface area contributed by atoms with Crippen LogP contribution in [0.3, 0.4) is 0 Å². The summed E-state index contributed by atoms with van der Waals surface area (Å²) in [6, 6.07) is 22.8. The van der Waals surface area contributed by atoms with Crippen molar-refractivity contribution in [2.24, 2.45) is 0 Å². The van der Waals surface area contributed by atoms with Crippen LogP contribution in [0.1, 0.15) is 48.3 Å². The monoisotopic (exact) mass is 399 g/mol. The van der Waals surface area contributed by atoms with Gasteiger partial charge in [0.05, 0.1) is 0 Å². The predicted octanol–water partition coefficient (Wildman–Crippen LogP) is 6.83. The summed E-state index contributed by atoms with van der Waals surface area (Å²) in [4.78, 5) is 12.4. The van der Waals surface area contributed by atoms with Gasteiger partial charge in [-0.3, -0.25) is 4.79 Å². The Kier molecular flexibility index (Phi) is 4.33. The maximum Gasteiger partial charge on any atom is 0.137 e. The molecule has 0 saturated carbocycles. The number of anilines is 1. The number of halogens is 1. The van der Waals surface area contributed by atoms with Crippen LogP contribution in [0.4, 0.5) is 5.69 Å². The van der Waals surface area contributed by atoms with E-state index in [4.69, 9.17) is 17.3 Å². The van der Waals surface area contributed by atoms with Crippen molar-refractivity contribution in [2.45, 2.75) is 31.6 Å². The molecule has 0 heterocycles. The molecule has 0 saturated heterocycles. The molecule has 4 aromatic rings. The highest BCUT2D eigenvalue weighted by molar-refractivity contribution is 6.30. The Morgan fingerprint density at radius 2 is 1.59 bits per heavy atom. The summed E-state index contributed by atoms with van der Waals surface area (Å²) in [6.45, 7) is 1.70. The van der Waals surface area contributed by atoms with Gasteiger partial charge in [0.15, 0.2) is 0 Å². The number of hydrogen-bond donors (Lipinski definition) is 1. The molecule has 2 N–H and O–H groups in total. The van der Waals surface area contributed by atoms with Gasteiger partial charge in [-0.15, -0.1) is 0 Å². The molecular formula is C26H22ClNO. The first-order valence-electron chi connectivity index (χ1n) is 10.0. The molecule has 1 aliphatic rings. The van der Waals surface area contributed by atoms with Crippen LogP contribution in [0, 0.1) is 0 Å². The first-order valence-corrected chi connectivity index (χ1v) is 10.4. The van der Waals surface area contributed by atoms with Gasteiger partial charge in [0.1, 0.15) is 5.78 Å². The van der Waals surface area contributed by atoms with Crippen molar-refractivity contribution < 1.29 is 4.79 Å². The summed E-state index contributed by atoms with van der Waals surface area (Å²) in [5.74, 6) is 0.404. The second kappa shape index (κ2) is 6.89. The summed E-state index contributed by atoms with van der Waals surface area (Å²) in [6.07, 6.45) is 1.80. The van der Waals surface area contributed by atoms with Crippen LogP contribution in [-0.2, 0) is 4.79 Å². The normalized spacial score (nSPS) is 18.7. The molecule has 29 heavy (non-hydrogen) atoms. The minimum absolute atomic E-state index is 0.0503. The molecule has 2 nitrogen and oxygen atoms in total. The molecule has 5 rings (SSSR count). The SMILES string of the molecule is CC(=O)C1CCC(c2ccc(Cl)cc2)c2c1ccc1c2cc(N)c2ccccc21. The number of carbonyl (C=O) groups is 1. The lowest BCUT2D eigenvalue weighted by Crippen LogP contribution is -2.20. The number of Topliss-reactive ketones (excluding diaryl/α,β-unsaturated/α-hetero) is 1. The summed E-state index contributed by atoms with van der Waals surface area (Å²) in [5.41, 5.74) is 10.9. The number of nitrogen functional groups attached to an aromatic ring is 1. The quantitative estimate of drug-likeness (QED) is 0.296. The van der Waals surface area contributed by atoms with E-state index in [2.05, 4.69) is 48.5 Å². The largest absolute Gasteiger partial charge is 0.398 e. The average molecular weight is 400 g/mol. The third-order valence-electron chi connectivity index (χ3n) is 6.38. The zero-order valence-corrected chi connectivity index (χ0v) is 17.0. The zero-order chi connectivity index (χ0) is 20.1. The number of nitrogens with two attached hydrogens (primary N) is 1. The molecule has 0 radical (unpaired) electrons. The van der Waals surface area contributed by atoms with Crippen LogP contribution < -0.4 is 5.73 Å². The minimum atomic E-state index is -0.0503. The topological polar surface area (TPSA) is 43.1 Å². The Morgan fingerprint density at radius 1 is 0.897 bits per heavy atom. The number of rotatable bonds is 2. The molecule has 0 bridgehead atoms. The molecule has 2 atom stereocenters. The average Bonchev–Trinajstić information content (AvgIpc) is 2.73. The van der Waals surface area contributed by atoms with Gasteiger partial charge in [0.2, 0.25) is 0 Å². The Labute approximate surface area is 175 Å². The highest BCUT2D eigenvalue weighted by Gasteiger charge is 2.32. The second-order valence-corrected chi connectivity index (χ2v) is 8.46. The van der Waals surface area contributed by atoms with E-state index in [0.29, 0.717) is 0 Å². The molecule has 144 valence electrons. The Bertz CT molecular complexity index is 1260. The summed E-state index contributed by atoms with van der Waals surface area (Å²) < 4.78 is 0. The Hall–Kier alpha value is -2.84. The van der Waals surface area contributed by atoms with Gasteiger partial charge >= 0.3 is 0 Å². The summed E-state index contributed by atoms with van der Waals surface area (Å²) in [7, 11) is 0. The molecule has 0 fully saturated rings. The van der Waals surface area contributed by atoms with Crippen LogP contribution in [0.15, 0.2) is 66.7 Å². The first-order chi connectivity index (χ1) is 14.0. The van der Waals surface area contributed by atoms with Crippen molar-refractivity contribution in [3.8, 4) is 0 Å². The van der Waals surface area contributed by atoms with Crippen molar-refractivity contribution in [1.29, 1.82) is 0 Å². The van der Waals surface area contributed by atoms with E-state index < -0.39 is 0 Å². The number of fused-ring (bicyclic) bond motifs is 5. The first kappa shape index (κ1) is 18.2. The van der Waals surface area contributed by atoms with Gasteiger partial charge in [0, 0.05) is 27.9 Å². The van der Waals surface area contributed by atoms with Crippen molar-refractivity contribution in [3.63, 3.8) is 0 Å². The van der Waals surface area contributed by atoms with E-state index in [1.54, 1.807) is 6.92 Å². The third-order valence-corrected chi connectivity index (χ3v) is 6.63. The van der Waals surface area contributed by atoms with Crippen molar-refractivity contribution in [2.75, 3.05) is 5.73 Å². The fourth-order valence-electron chi connectivity index (χ4n) is 5.02. The van der Waals surface area contributed by atoms with Gasteiger partial charge in [0.25, 0.3) is 0 Å². The third kappa shape index (κ3) is 2.90. The predicted molar refractivity (Wildman–Crippen MR) is 122 cm³/mol. The second-order valence-electron chi connectivity index (χ2n) is 8.02. The van der Waals surface area contributed by atoms with Crippen LogP contribution in [0.5, 0.6) is 0 Å². The molecular weight excluding hydrogens is 378 g/mol. The number of benzene rings is 4. The molecule has 4 aromatic carbocycles. The van der Waals surface area contributed by atoms with Gasteiger partial charge in [-0.1, -0.05) is 60.1 Å². The molecule has 3 heteroatoms. The highest BCUT2D eigenvalue weighted by Crippen LogP contribution is 2.47. The molecule has 0 aliphatic heterocycles. The lowest BCUT2D eigenvalue weighted by Gasteiger charge is -2.32. The zero-order valence-electron chi connectivity index (χ0n) is 16.3. The summed E-state index contributed by atoms with van der Waals surface area (Å²) >= 11 is 6.14. The van der Waals surface area contributed by atoms with Crippen LogP contribution in [-0.4, -0.2) is 5.78 Å². The lowest BCUT2D eigenvalue weighted by molar-refractivity contribution is -0.118. The van der Waals surface area contributed by atoms with Gasteiger partial charge < -0.3 is 5.73 Å². The standard InChI is InChI=1S/C26H22ClNO/c1-15(29)18-10-11-19(16-6-8-17(27)9-7-16)26-23(18)13-12-21-20-4-2-3-5-22(20)25(28)14-24(21)26/h2-9,12-14,18-19H,10-11,28H2,1H3. The maximum absolute atomic E-state index is 12.4. The van der Waals surface area contributed by atoms with Gasteiger partial charge in [-0.05, 0) is 70.8 Å². The molecule has 0 amide bonds. The molecule has 0 aromatic heterocycles. The number of carbonyl (C=O) groups excluding carboxylic acids is 1. The van der Waals surface area contributed by atoms with Gasteiger partial charge in [-0.2, -0.15) is 0 Å². The fraction of sp³-hybridized carbons (Fsp3) is 0.192. The van der Waals surface area contributed by atoms with Crippen molar-refractivity contribution in [3.05, 3.63) is 88.4 Å². The van der Waals surface area contributed by atoms with Gasteiger partial charge in [-0.25, -0.2) is 0 Å².